The summed E-state index contributed by atoms with van der Waals surface area (Å²) in [4.78, 5) is 7.70. The lowest BCUT2D eigenvalue weighted by Gasteiger charge is -2.08. The Balaban J connectivity index is 2.63. The molecule has 0 spiro atoms. The lowest BCUT2D eigenvalue weighted by molar-refractivity contribution is -0.137. The van der Waals surface area contributed by atoms with E-state index < -0.39 is 11.7 Å². The van der Waals surface area contributed by atoms with Crippen LogP contribution in [0, 0.1) is 0 Å². The fourth-order valence-corrected chi connectivity index (χ4v) is 1.49. The highest BCUT2D eigenvalue weighted by Crippen LogP contribution is 2.31. The number of nitrogens with one attached hydrogen (secondary N) is 1. The third-order valence-corrected chi connectivity index (χ3v) is 2.35. The number of hydrogen-bond acceptors (Lipinski definition) is 4. The van der Waals surface area contributed by atoms with Crippen LogP contribution in [0.3, 0.4) is 0 Å². The van der Waals surface area contributed by atoms with Crippen LogP contribution in [0.25, 0.3) is 11.0 Å². The second-order valence-electron chi connectivity index (χ2n) is 3.21. The van der Waals surface area contributed by atoms with Crippen molar-refractivity contribution in [2.24, 2.45) is 5.84 Å². The molecule has 2 aromatic rings. The highest BCUT2D eigenvalue weighted by molar-refractivity contribution is 6.32. The Bertz CT molecular complexity index is 570. The number of rotatable bonds is 1. The Kier molecular flexibility index (Phi) is 2.80. The second kappa shape index (κ2) is 4.01. The number of hydrogen-bond donors (Lipinski definition) is 2. The molecule has 0 amide bonds. The molecule has 1 heterocycles. The fourth-order valence-electron chi connectivity index (χ4n) is 1.30. The molecule has 0 aliphatic carbocycles. The highest BCUT2D eigenvalue weighted by Gasteiger charge is 2.30. The van der Waals surface area contributed by atoms with Crippen molar-refractivity contribution in [3.05, 3.63) is 28.9 Å². The molecular weight excluding hydrogens is 257 g/mol. The lowest BCUT2D eigenvalue weighted by Crippen LogP contribution is -2.10. The summed E-state index contributed by atoms with van der Waals surface area (Å²) in [6.07, 6.45) is -4.42. The third-order valence-electron chi connectivity index (χ3n) is 2.09. The SMILES string of the molecule is NNc1nc2ccc(C(F)(F)F)cc2nc1Cl. The Hall–Kier alpha value is -1.60. The average Bonchev–Trinajstić information content (AvgIpc) is 2.26. The first-order chi connectivity index (χ1) is 7.91. The van der Waals surface area contributed by atoms with E-state index >= 15 is 0 Å². The molecule has 1 aromatic heterocycles. The van der Waals surface area contributed by atoms with Crippen molar-refractivity contribution in [1.82, 2.24) is 9.97 Å². The van der Waals surface area contributed by atoms with Gasteiger partial charge in [-0.3, -0.25) is 0 Å². The van der Waals surface area contributed by atoms with E-state index in [-0.39, 0.29) is 22.0 Å². The first-order valence-electron chi connectivity index (χ1n) is 4.43. The summed E-state index contributed by atoms with van der Waals surface area (Å²) in [5.74, 6) is 5.23. The standard InChI is InChI=1S/C9H6ClF3N4/c10-7-8(17-14)16-5-2-1-4(9(11,12)13)3-6(5)15-7/h1-3H,14H2,(H,16,17). The molecule has 0 aliphatic heterocycles. The van der Waals surface area contributed by atoms with Gasteiger partial charge in [-0.05, 0) is 18.2 Å². The summed E-state index contributed by atoms with van der Waals surface area (Å²) in [5, 5.41) is -0.0840. The zero-order valence-electron chi connectivity index (χ0n) is 8.22. The quantitative estimate of drug-likeness (QED) is 0.612. The monoisotopic (exact) mass is 262 g/mol. The molecule has 0 aliphatic rings. The van der Waals surface area contributed by atoms with E-state index in [0.29, 0.717) is 0 Å². The van der Waals surface area contributed by atoms with Crippen molar-refractivity contribution < 1.29 is 13.2 Å². The van der Waals surface area contributed by atoms with Crippen molar-refractivity contribution in [2.75, 3.05) is 5.43 Å². The van der Waals surface area contributed by atoms with Crippen molar-refractivity contribution in [2.45, 2.75) is 6.18 Å². The van der Waals surface area contributed by atoms with Crippen LogP contribution in [0.2, 0.25) is 5.15 Å². The van der Waals surface area contributed by atoms with Gasteiger partial charge in [0.15, 0.2) is 11.0 Å². The molecule has 0 radical (unpaired) electrons. The highest BCUT2D eigenvalue weighted by atomic mass is 35.5. The van der Waals surface area contributed by atoms with Gasteiger partial charge in [0.25, 0.3) is 0 Å². The number of fused-ring (bicyclic) bond motifs is 1. The average molecular weight is 263 g/mol. The molecule has 0 atom stereocenters. The minimum atomic E-state index is -4.42. The number of hydrazine groups is 1. The summed E-state index contributed by atoms with van der Waals surface area (Å²) in [5.41, 5.74) is 1.74. The van der Waals surface area contributed by atoms with Crippen LogP contribution in [-0.2, 0) is 6.18 Å². The zero-order valence-corrected chi connectivity index (χ0v) is 8.97. The van der Waals surface area contributed by atoms with Crippen molar-refractivity contribution in [1.29, 1.82) is 0 Å². The van der Waals surface area contributed by atoms with E-state index in [1.807, 2.05) is 0 Å². The molecule has 0 saturated carbocycles. The first-order valence-corrected chi connectivity index (χ1v) is 4.81. The summed E-state index contributed by atoms with van der Waals surface area (Å²) in [6.45, 7) is 0. The van der Waals surface area contributed by atoms with Crippen LogP contribution in [0.15, 0.2) is 18.2 Å². The minimum absolute atomic E-state index is 0.0591. The van der Waals surface area contributed by atoms with Crippen molar-refractivity contribution in [3.8, 4) is 0 Å². The topological polar surface area (TPSA) is 63.8 Å². The van der Waals surface area contributed by atoms with Gasteiger partial charge in [0.1, 0.15) is 0 Å². The van der Waals surface area contributed by atoms with Gasteiger partial charge in [-0.25, -0.2) is 15.8 Å². The van der Waals surface area contributed by atoms with Crippen LogP contribution in [-0.4, -0.2) is 9.97 Å². The summed E-state index contributed by atoms with van der Waals surface area (Å²) < 4.78 is 37.3. The predicted octanol–water partition coefficient (Wildman–Crippen LogP) is 2.59. The summed E-state index contributed by atoms with van der Waals surface area (Å²) in [6, 6.07) is 3.02. The molecule has 90 valence electrons. The number of benzene rings is 1. The van der Waals surface area contributed by atoms with Gasteiger partial charge in [-0.15, -0.1) is 0 Å². The number of nitrogens with two attached hydrogens (primary N) is 1. The maximum Gasteiger partial charge on any atom is 0.416 e. The Labute approximate surface area is 98.6 Å². The van der Waals surface area contributed by atoms with E-state index in [0.717, 1.165) is 12.1 Å². The van der Waals surface area contributed by atoms with Crippen LogP contribution in [0.5, 0.6) is 0 Å². The van der Waals surface area contributed by atoms with E-state index in [1.54, 1.807) is 0 Å². The third kappa shape index (κ3) is 2.25. The van der Waals surface area contributed by atoms with Crippen LogP contribution in [0.1, 0.15) is 5.56 Å². The predicted molar refractivity (Wildman–Crippen MR) is 57.4 cm³/mol. The Morgan fingerprint density at radius 3 is 2.47 bits per heavy atom. The molecule has 8 heteroatoms. The lowest BCUT2D eigenvalue weighted by atomic mass is 10.2. The van der Waals surface area contributed by atoms with Crippen LogP contribution >= 0.6 is 11.6 Å². The van der Waals surface area contributed by atoms with Crippen molar-refractivity contribution >= 4 is 28.5 Å². The molecule has 3 N–H and O–H groups in total. The van der Waals surface area contributed by atoms with E-state index in [1.165, 1.54) is 6.07 Å². The number of nitrogens with zero attached hydrogens (tertiary/aromatic N) is 2. The van der Waals surface area contributed by atoms with Gasteiger partial charge >= 0.3 is 6.18 Å². The minimum Gasteiger partial charge on any atom is -0.306 e. The van der Waals surface area contributed by atoms with E-state index in [9.17, 15) is 13.2 Å². The van der Waals surface area contributed by atoms with Gasteiger partial charge < -0.3 is 5.43 Å². The Morgan fingerprint density at radius 1 is 1.18 bits per heavy atom. The number of anilines is 1. The van der Waals surface area contributed by atoms with Gasteiger partial charge in [-0.1, -0.05) is 11.6 Å². The number of halogens is 4. The van der Waals surface area contributed by atoms with Gasteiger partial charge in [0.2, 0.25) is 0 Å². The Morgan fingerprint density at radius 2 is 1.88 bits per heavy atom. The molecule has 1 aromatic carbocycles. The molecular formula is C9H6ClF3N4. The number of nitrogen functional groups attached to an aromatic ring is 1. The number of aromatic nitrogens is 2. The van der Waals surface area contributed by atoms with Crippen molar-refractivity contribution in [3.63, 3.8) is 0 Å². The maximum absolute atomic E-state index is 12.4. The van der Waals surface area contributed by atoms with E-state index in [2.05, 4.69) is 15.4 Å². The fraction of sp³-hybridized carbons (Fsp3) is 0.111. The van der Waals surface area contributed by atoms with Crippen LogP contribution < -0.4 is 11.3 Å². The largest absolute Gasteiger partial charge is 0.416 e. The van der Waals surface area contributed by atoms with Gasteiger partial charge in [0.05, 0.1) is 16.6 Å². The molecule has 0 bridgehead atoms. The second-order valence-corrected chi connectivity index (χ2v) is 3.57. The molecule has 0 saturated heterocycles. The summed E-state index contributed by atoms with van der Waals surface area (Å²) >= 11 is 5.67. The zero-order chi connectivity index (χ0) is 12.6. The molecule has 0 fully saturated rings. The normalized spacial score (nSPS) is 11.8. The molecule has 4 nitrogen and oxygen atoms in total. The maximum atomic E-state index is 12.4. The molecule has 0 unspecified atom stereocenters. The first kappa shape index (κ1) is 11.9. The molecule has 2 rings (SSSR count). The smallest absolute Gasteiger partial charge is 0.306 e. The van der Waals surface area contributed by atoms with Gasteiger partial charge in [-0.2, -0.15) is 13.2 Å². The molecule has 17 heavy (non-hydrogen) atoms. The number of alkyl halides is 3. The summed E-state index contributed by atoms with van der Waals surface area (Å²) in [7, 11) is 0. The van der Waals surface area contributed by atoms with Gasteiger partial charge in [0, 0.05) is 0 Å². The van der Waals surface area contributed by atoms with Crippen LogP contribution in [0.4, 0.5) is 19.0 Å². The van der Waals surface area contributed by atoms with E-state index in [4.69, 9.17) is 17.4 Å².